The van der Waals surface area contributed by atoms with Gasteiger partial charge in [-0.15, -0.1) is 0 Å². The van der Waals surface area contributed by atoms with Gasteiger partial charge < -0.3 is 10.1 Å². The van der Waals surface area contributed by atoms with E-state index in [0.29, 0.717) is 0 Å². The van der Waals surface area contributed by atoms with E-state index in [1.807, 2.05) is 61.5 Å². The second-order valence-electron chi connectivity index (χ2n) is 5.39. The van der Waals surface area contributed by atoms with Gasteiger partial charge in [-0.05, 0) is 42.7 Å². The highest BCUT2D eigenvalue weighted by Gasteiger charge is 2.06. The standard InChI is InChI=1S/C20H23NO2/c1-3-15-23-19-12-9-17(10-13-19)11-14-20(22)21-16(2)18-7-5-4-6-8-18/h4-14,16H,3,15H2,1-2H3,(H,21,22)/b14-11+/t16-/m1/s1. The monoisotopic (exact) mass is 309 g/mol. The fourth-order valence-electron chi connectivity index (χ4n) is 2.15. The van der Waals surface area contributed by atoms with Crippen LogP contribution in [0.15, 0.2) is 60.7 Å². The maximum Gasteiger partial charge on any atom is 0.244 e. The number of ether oxygens (including phenoxy) is 1. The summed E-state index contributed by atoms with van der Waals surface area (Å²) in [5.41, 5.74) is 2.06. The summed E-state index contributed by atoms with van der Waals surface area (Å²) in [6.45, 7) is 4.77. The highest BCUT2D eigenvalue weighted by molar-refractivity contribution is 5.91. The van der Waals surface area contributed by atoms with Crippen LogP contribution < -0.4 is 10.1 Å². The molecule has 0 aliphatic rings. The van der Waals surface area contributed by atoms with Crippen LogP contribution >= 0.6 is 0 Å². The molecule has 2 aromatic carbocycles. The van der Waals surface area contributed by atoms with Crippen LogP contribution in [0.25, 0.3) is 6.08 Å². The van der Waals surface area contributed by atoms with E-state index >= 15 is 0 Å². The number of rotatable bonds is 7. The zero-order valence-electron chi connectivity index (χ0n) is 13.7. The van der Waals surface area contributed by atoms with Gasteiger partial charge in [-0.3, -0.25) is 4.79 Å². The number of hydrogen-bond acceptors (Lipinski definition) is 2. The number of hydrogen-bond donors (Lipinski definition) is 1. The zero-order chi connectivity index (χ0) is 16.5. The molecule has 0 radical (unpaired) electrons. The predicted molar refractivity (Wildman–Crippen MR) is 94.3 cm³/mol. The van der Waals surface area contributed by atoms with Crippen LogP contribution in [0.1, 0.15) is 37.4 Å². The molecule has 0 spiro atoms. The number of nitrogens with one attached hydrogen (secondary N) is 1. The first-order valence-electron chi connectivity index (χ1n) is 7.95. The number of benzene rings is 2. The van der Waals surface area contributed by atoms with Crippen LogP contribution in [-0.2, 0) is 4.79 Å². The normalized spacial score (nSPS) is 12.1. The third-order valence-corrected chi connectivity index (χ3v) is 3.44. The molecule has 120 valence electrons. The van der Waals surface area contributed by atoms with Crippen LogP contribution in [0.4, 0.5) is 0 Å². The van der Waals surface area contributed by atoms with E-state index in [2.05, 4.69) is 12.2 Å². The van der Waals surface area contributed by atoms with E-state index in [-0.39, 0.29) is 11.9 Å². The van der Waals surface area contributed by atoms with Gasteiger partial charge in [0.15, 0.2) is 0 Å². The summed E-state index contributed by atoms with van der Waals surface area (Å²) < 4.78 is 5.53. The van der Waals surface area contributed by atoms with Gasteiger partial charge in [0.25, 0.3) is 0 Å². The van der Waals surface area contributed by atoms with Crippen molar-refractivity contribution in [1.82, 2.24) is 5.32 Å². The van der Waals surface area contributed by atoms with Crippen LogP contribution in [0.2, 0.25) is 0 Å². The summed E-state index contributed by atoms with van der Waals surface area (Å²) in [5, 5.41) is 2.96. The van der Waals surface area contributed by atoms with Crippen LogP contribution in [0.5, 0.6) is 5.75 Å². The first-order valence-corrected chi connectivity index (χ1v) is 7.95. The maximum absolute atomic E-state index is 12.0. The van der Waals surface area contributed by atoms with Crippen molar-refractivity contribution in [1.29, 1.82) is 0 Å². The molecule has 0 aliphatic carbocycles. The van der Waals surface area contributed by atoms with Gasteiger partial charge in [0.2, 0.25) is 5.91 Å². The number of carbonyl (C=O) groups excluding carboxylic acids is 1. The molecule has 0 bridgehead atoms. The average molecular weight is 309 g/mol. The van der Waals surface area contributed by atoms with Crippen molar-refractivity contribution in [3.05, 3.63) is 71.8 Å². The van der Waals surface area contributed by atoms with Gasteiger partial charge in [-0.2, -0.15) is 0 Å². The van der Waals surface area contributed by atoms with Crippen molar-refractivity contribution in [2.24, 2.45) is 0 Å². The Hall–Kier alpha value is -2.55. The molecular formula is C20H23NO2. The van der Waals surface area contributed by atoms with Gasteiger partial charge >= 0.3 is 0 Å². The Morgan fingerprint density at radius 1 is 1.13 bits per heavy atom. The van der Waals surface area contributed by atoms with E-state index in [1.165, 1.54) is 0 Å². The van der Waals surface area contributed by atoms with Crippen molar-refractivity contribution in [2.75, 3.05) is 6.61 Å². The molecule has 0 saturated heterocycles. The minimum absolute atomic E-state index is 0.0156. The Kier molecular flexibility index (Phi) is 6.42. The highest BCUT2D eigenvalue weighted by Crippen LogP contribution is 2.14. The smallest absolute Gasteiger partial charge is 0.244 e. The Labute approximate surface area is 138 Å². The van der Waals surface area contributed by atoms with E-state index in [4.69, 9.17) is 4.74 Å². The van der Waals surface area contributed by atoms with Gasteiger partial charge in [-0.1, -0.05) is 49.4 Å². The molecule has 23 heavy (non-hydrogen) atoms. The van der Waals surface area contributed by atoms with Crippen LogP contribution in [0, 0.1) is 0 Å². The zero-order valence-corrected chi connectivity index (χ0v) is 13.7. The molecule has 3 nitrogen and oxygen atoms in total. The highest BCUT2D eigenvalue weighted by atomic mass is 16.5. The summed E-state index contributed by atoms with van der Waals surface area (Å²) in [6.07, 6.45) is 4.35. The molecule has 2 rings (SSSR count). The summed E-state index contributed by atoms with van der Waals surface area (Å²) >= 11 is 0. The number of amides is 1. The third-order valence-electron chi connectivity index (χ3n) is 3.44. The van der Waals surface area contributed by atoms with Crippen molar-refractivity contribution >= 4 is 12.0 Å². The molecule has 0 aliphatic heterocycles. The first-order chi connectivity index (χ1) is 11.2. The SMILES string of the molecule is CCCOc1ccc(/C=C/C(=O)N[C@H](C)c2ccccc2)cc1. The summed E-state index contributed by atoms with van der Waals surface area (Å²) in [4.78, 5) is 12.0. The van der Waals surface area contributed by atoms with Gasteiger partial charge in [0, 0.05) is 6.08 Å². The van der Waals surface area contributed by atoms with E-state index in [9.17, 15) is 4.79 Å². The second-order valence-corrected chi connectivity index (χ2v) is 5.39. The average Bonchev–Trinajstić information content (AvgIpc) is 2.59. The molecule has 0 aromatic heterocycles. The number of carbonyl (C=O) groups is 1. The lowest BCUT2D eigenvalue weighted by Crippen LogP contribution is -2.24. The van der Waals surface area contributed by atoms with Crippen molar-refractivity contribution in [2.45, 2.75) is 26.3 Å². The fraction of sp³-hybridized carbons (Fsp3) is 0.250. The summed E-state index contributed by atoms with van der Waals surface area (Å²) in [7, 11) is 0. The predicted octanol–water partition coefficient (Wildman–Crippen LogP) is 4.37. The Balaban J connectivity index is 1.88. The van der Waals surface area contributed by atoms with Crippen LogP contribution in [-0.4, -0.2) is 12.5 Å². The van der Waals surface area contributed by atoms with Crippen molar-refractivity contribution in [3.63, 3.8) is 0 Å². The molecule has 0 unspecified atom stereocenters. The Bertz CT molecular complexity index is 632. The molecule has 0 fully saturated rings. The molecule has 0 heterocycles. The quantitative estimate of drug-likeness (QED) is 0.771. The molecule has 3 heteroatoms. The molecular weight excluding hydrogens is 286 g/mol. The minimum atomic E-state index is -0.104. The molecule has 1 atom stereocenters. The lowest BCUT2D eigenvalue weighted by atomic mass is 10.1. The topological polar surface area (TPSA) is 38.3 Å². The minimum Gasteiger partial charge on any atom is -0.494 e. The largest absolute Gasteiger partial charge is 0.494 e. The molecule has 1 N–H and O–H groups in total. The van der Waals surface area contributed by atoms with Crippen molar-refractivity contribution in [3.8, 4) is 5.75 Å². The van der Waals surface area contributed by atoms with Crippen molar-refractivity contribution < 1.29 is 9.53 Å². The Morgan fingerprint density at radius 2 is 1.83 bits per heavy atom. The van der Waals surface area contributed by atoms with E-state index < -0.39 is 0 Å². The van der Waals surface area contributed by atoms with Gasteiger partial charge in [0.1, 0.15) is 5.75 Å². The van der Waals surface area contributed by atoms with Crippen LogP contribution in [0.3, 0.4) is 0 Å². The maximum atomic E-state index is 12.0. The second kappa shape index (κ2) is 8.79. The molecule has 1 amide bonds. The van der Waals surface area contributed by atoms with E-state index in [0.717, 1.165) is 29.9 Å². The molecule has 2 aromatic rings. The summed E-state index contributed by atoms with van der Waals surface area (Å²) in [5.74, 6) is 0.749. The van der Waals surface area contributed by atoms with E-state index in [1.54, 1.807) is 12.2 Å². The molecule has 0 saturated carbocycles. The van der Waals surface area contributed by atoms with Gasteiger partial charge in [0.05, 0.1) is 12.6 Å². The Morgan fingerprint density at radius 3 is 2.48 bits per heavy atom. The fourth-order valence-corrected chi connectivity index (χ4v) is 2.15. The first kappa shape index (κ1) is 16.8. The lowest BCUT2D eigenvalue weighted by molar-refractivity contribution is -0.117. The third kappa shape index (κ3) is 5.62. The lowest BCUT2D eigenvalue weighted by Gasteiger charge is -2.12. The van der Waals surface area contributed by atoms with Gasteiger partial charge in [-0.25, -0.2) is 0 Å². The summed E-state index contributed by atoms with van der Waals surface area (Å²) in [6, 6.07) is 17.6.